The lowest BCUT2D eigenvalue weighted by Crippen LogP contribution is -2.24. The van der Waals surface area contributed by atoms with Gasteiger partial charge in [-0.25, -0.2) is 9.37 Å². The van der Waals surface area contributed by atoms with Gasteiger partial charge in [0.25, 0.3) is 5.91 Å². The van der Waals surface area contributed by atoms with Crippen molar-refractivity contribution in [2.75, 3.05) is 5.32 Å². The smallest absolute Gasteiger partial charge is 0.250 e. The maximum Gasteiger partial charge on any atom is 0.250 e. The number of hydrogen-bond donors (Lipinski definition) is 2. The lowest BCUT2D eigenvalue weighted by Gasteiger charge is -2.28. The largest absolute Gasteiger partial charge is 0.384 e. The van der Waals surface area contributed by atoms with Crippen LogP contribution in [0.4, 0.5) is 10.1 Å². The Balaban J connectivity index is 1.32. The molecule has 0 spiro atoms. The quantitative estimate of drug-likeness (QED) is 0.486. The average Bonchev–Trinajstić information content (AvgIpc) is 3.19. The highest BCUT2D eigenvalue weighted by Crippen LogP contribution is 2.34. The fraction of sp³-hybridized carbons (Fsp3) is 0.261. The summed E-state index contributed by atoms with van der Waals surface area (Å²) < 4.78 is 15.8. The molecule has 0 bridgehead atoms. The number of aromatic nitrogens is 2. The zero-order valence-electron chi connectivity index (χ0n) is 16.5. The van der Waals surface area contributed by atoms with Crippen molar-refractivity contribution < 1.29 is 9.18 Å². The monoisotopic (exact) mass is 405 g/mol. The molecule has 1 aromatic heterocycles. The topological polar surface area (TPSA) is 85.3 Å². The number of imidazole rings is 1. The third-order valence-electron chi connectivity index (χ3n) is 5.53. The molecule has 0 saturated heterocycles. The highest BCUT2D eigenvalue weighted by molar-refractivity contribution is 6.00. The second kappa shape index (κ2) is 8.90. The van der Waals surface area contributed by atoms with Crippen LogP contribution in [0.15, 0.2) is 72.1 Å². The van der Waals surface area contributed by atoms with E-state index >= 15 is 0 Å². The van der Waals surface area contributed by atoms with Gasteiger partial charge in [0.05, 0.1) is 23.0 Å². The molecule has 2 aromatic carbocycles. The first-order valence-corrected chi connectivity index (χ1v) is 10.1. The molecular formula is C23H24FN5O. The number of rotatable bonds is 5. The van der Waals surface area contributed by atoms with E-state index in [1.807, 2.05) is 24.5 Å². The van der Waals surface area contributed by atoms with E-state index in [0.717, 1.165) is 36.7 Å². The number of hydrogen-bond acceptors (Lipinski definition) is 3. The normalized spacial score (nSPS) is 20.0. The molecule has 30 heavy (non-hydrogen) atoms. The molecule has 0 radical (unpaired) electrons. The van der Waals surface area contributed by atoms with Crippen molar-refractivity contribution in [2.45, 2.75) is 31.7 Å². The Morgan fingerprint density at radius 3 is 2.67 bits per heavy atom. The van der Waals surface area contributed by atoms with Crippen LogP contribution in [0.1, 0.15) is 31.7 Å². The molecule has 0 aliphatic heterocycles. The molecule has 3 aromatic rings. The van der Waals surface area contributed by atoms with E-state index in [1.54, 1.807) is 18.2 Å². The van der Waals surface area contributed by atoms with Gasteiger partial charge in [0.15, 0.2) is 0 Å². The van der Waals surface area contributed by atoms with Crippen molar-refractivity contribution in [3.8, 4) is 0 Å². The molecule has 7 heteroatoms. The van der Waals surface area contributed by atoms with E-state index in [4.69, 9.17) is 5.73 Å². The molecule has 3 N–H and O–H groups in total. The molecular weight excluding hydrogens is 381 g/mol. The molecule has 1 aliphatic rings. The minimum Gasteiger partial charge on any atom is -0.384 e. The first kappa shape index (κ1) is 19.8. The summed E-state index contributed by atoms with van der Waals surface area (Å²) in [6, 6.07) is 14.7. The molecule has 0 unspecified atom stereocenters. The highest BCUT2D eigenvalue weighted by Gasteiger charge is 2.27. The van der Waals surface area contributed by atoms with Crippen molar-refractivity contribution >= 4 is 28.5 Å². The molecule has 4 rings (SSSR count). The molecule has 1 aliphatic carbocycles. The number of para-hydroxylation sites is 3. The predicted octanol–water partition coefficient (Wildman–Crippen LogP) is 4.42. The number of halogens is 1. The molecule has 1 amide bonds. The van der Waals surface area contributed by atoms with Gasteiger partial charge in [0, 0.05) is 18.2 Å². The molecule has 1 saturated carbocycles. The van der Waals surface area contributed by atoms with Crippen LogP contribution < -0.4 is 11.1 Å². The number of amidine groups is 1. The first-order valence-electron chi connectivity index (χ1n) is 10.1. The zero-order chi connectivity index (χ0) is 20.9. The number of fused-ring (bicyclic) bond motifs is 1. The third-order valence-corrected chi connectivity index (χ3v) is 5.53. The summed E-state index contributed by atoms with van der Waals surface area (Å²) in [5.41, 5.74) is 8.29. The Hall–Kier alpha value is -3.48. The minimum atomic E-state index is -0.365. The minimum absolute atomic E-state index is 0.103. The molecule has 0 atom stereocenters. The summed E-state index contributed by atoms with van der Waals surface area (Å²) in [5.74, 6) is -0.581. The number of nitrogens with two attached hydrogens (primary N) is 1. The van der Waals surface area contributed by atoms with Crippen LogP contribution in [0.5, 0.6) is 0 Å². The molecule has 154 valence electrons. The van der Waals surface area contributed by atoms with E-state index in [9.17, 15) is 9.18 Å². The van der Waals surface area contributed by atoms with Crippen molar-refractivity contribution in [1.82, 2.24) is 9.55 Å². The van der Waals surface area contributed by atoms with Gasteiger partial charge in [-0.05, 0) is 56.0 Å². The lowest BCUT2D eigenvalue weighted by molar-refractivity contribution is -0.122. The number of amides is 1. The van der Waals surface area contributed by atoms with Crippen molar-refractivity contribution in [3.05, 3.63) is 73.0 Å². The van der Waals surface area contributed by atoms with Gasteiger partial charge >= 0.3 is 0 Å². The average molecular weight is 405 g/mol. The van der Waals surface area contributed by atoms with Crippen LogP contribution in [0.2, 0.25) is 0 Å². The summed E-state index contributed by atoms with van der Waals surface area (Å²) >= 11 is 0. The number of anilines is 1. The second-order valence-corrected chi connectivity index (χ2v) is 7.48. The summed E-state index contributed by atoms with van der Waals surface area (Å²) in [7, 11) is 0. The molecule has 6 nitrogen and oxygen atoms in total. The van der Waals surface area contributed by atoms with Gasteiger partial charge in [-0.3, -0.25) is 4.79 Å². The Bertz CT molecular complexity index is 1100. The maximum atomic E-state index is 13.6. The zero-order valence-corrected chi connectivity index (χ0v) is 16.5. The number of nitrogens with one attached hydrogen (secondary N) is 1. The number of carbonyl (C=O) groups is 1. The van der Waals surface area contributed by atoms with Gasteiger partial charge in [0.2, 0.25) is 0 Å². The van der Waals surface area contributed by atoms with Crippen LogP contribution in [0.3, 0.4) is 0 Å². The van der Waals surface area contributed by atoms with Crippen LogP contribution >= 0.6 is 0 Å². The Labute approximate surface area is 174 Å². The van der Waals surface area contributed by atoms with Gasteiger partial charge in [-0.1, -0.05) is 24.3 Å². The van der Waals surface area contributed by atoms with Crippen LogP contribution in [0, 0.1) is 11.7 Å². The van der Waals surface area contributed by atoms with Crippen LogP contribution in [-0.2, 0) is 4.79 Å². The first-order chi connectivity index (χ1) is 14.6. The van der Waals surface area contributed by atoms with Gasteiger partial charge < -0.3 is 15.6 Å². The van der Waals surface area contributed by atoms with Crippen LogP contribution in [-0.4, -0.2) is 21.3 Å². The van der Waals surface area contributed by atoms with Crippen molar-refractivity contribution in [1.29, 1.82) is 0 Å². The summed E-state index contributed by atoms with van der Waals surface area (Å²) in [6.07, 6.45) is 8.17. The van der Waals surface area contributed by atoms with Crippen molar-refractivity contribution in [2.24, 2.45) is 16.6 Å². The molecule has 1 fully saturated rings. The summed E-state index contributed by atoms with van der Waals surface area (Å²) in [4.78, 5) is 21.0. The number of nitrogens with zero attached hydrogens (tertiary/aromatic N) is 3. The summed E-state index contributed by atoms with van der Waals surface area (Å²) in [6.45, 7) is 0. The Morgan fingerprint density at radius 1 is 1.13 bits per heavy atom. The Morgan fingerprint density at radius 2 is 1.87 bits per heavy atom. The number of benzene rings is 2. The van der Waals surface area contributed by atoms with E-state index in [0.29, 0.717) is 11.7 Å². The number of carbonyl (C=O) groups excluding carboxylic acids is 1. The van der Waals surface area contributed by atoms with E-state index < -0.39 is 0 Å². The van der Waals surface area contributed by atoms with E-state index in [-0.39, 0.29) is 23.5 Å². The third kappa shape index (κ3) is 4.40. The lowest BCUT2D eigenvalue weighted by atomic mass is 9.85. The molecule has 1 heterocycles. The van der Waals surface area contributed by atoms with Gasteiger partial charge in [0.1, 0.15) is 11.7 Å². The fourth-order valence-electron chi connectivity index (χ4n) is 3.92. The second-order valence-electron chi connectivity index (χ2n) is 7.48. The summed E-state index contributed by atoms with van der Waals surface area (Å²) in [5, 5.41) is 2.80. The van der Waals surface area contributed by atoms with Crippen molar-refractivity contribution in [3.63, 3.8) is 0 Å². The van der Waals surface area contributed by atoms with E-state index in [2.05, 4.69) is 25.9 Å². The number of aliphatic imine (C=N–C) groups is 1. The standard InChI is InChI=1S/C23H24FN5O/c24-18-5-1-2-6-19(18)26-14-13-22(25)28-23(30)16-9-11-17(12-10-16)29-15-27-20-7-3-4-8-21(20)29/h1-8,13-17,26H,9-12H2,(H2,25,28,30)/b14-13-. The predicted molar refractivity (Wildman–Crippen MR) is 117 cm³/mol. The SMILES string of the molecule is NC(/C=C\Nc1ccccc1F)=NC(=O)C1CCC(n2cnc3ccccc32)CC1. The maximum absolute atomic E-state index is 13.6. The van der Waals surface area contributed by atoms with Crippen LogP contribution in [0.25, 0.3) is 11.0 Å². The van der Waals surface area contributed by atoms with Gasteiger partial charge in [-0.15, -0.1) is 0 Å². The Kier molecular flexibility index (Phi) is 5.88. The highest BCUT2D eigenvalue weighted by atomic mass is 19.1. The van der Waals surface area contributed by atoms with Gasteiger partial charge in [-0.2, -0.15) is 4.99 Å². The van der Waals surface area contributed by atoms with E-state index in [1.165, 1.54) is 18.3 Å². The fourth-order valence-corrected chi connectivity index (χ4v) is 3.92.